The molecule has 2 atom stereocenters. The SMILES string of the molecule is CC(C)NC(=O)NC1CCN2C(=O)c3cc(-c4ccsc4)ccc3NC(=O)C2C1. The Morgan fingerprint density at radius 2 is 2.07 bits per heavy atom. The van der Waals surface area contributed by atoms with Crippen molar-refractivity contribution in [3.05, 3.63) is 40.6 Å². The van der Waals surface area contributed by atoms with E-state index in [1.54, 1.807) is 22.3 Å². The number of hydrogen-bond acceptors (Lipinski definition) is 4. The van der Waals surface area contributed by atoms with Crippen molar-refractivity contribution in [1.29, 1.82) is 0 Å². The molecule has 3 N–H and O–H groups in total. The number of carbonyl (C=O) groups excluding carboxylic acids is 3. The molecular formula is C21H24N4O3S. The number of amides is 4. The molecule has 0 saturated carbocycles. The van der Waals surface area contributed by atoms with Crippen LogP contribution in [-0.2, 0) is 4.79 Å². The predicted molar refractivity (Wildman–Crippen MR) is 113 cm³/mol. The van der Waals surface area contributed by atoms with Gasteiger partial charge in [-0.1, -0.05) is 6.07 Å². The summed E-state index contributed by atoms with van der Waals surface area (Å²) in [6.07, 6.45) is 1.01. The molecule has 2 unspecified atom stereocenters. The lowest BCUT2D eigenvalue weighted by Crippen LogP contribution is -2.56. The van der Waals surface area contributed by atoms with E-state index in [1.807, 2.05) is 42.8 Å². The molecule has 0 aliphatic carbocycles. The molecule has 2 aliphatic heterocycles. The number of thiophene rings is 1. The highest BCUT2D eigenvalue weighted by atomic mass is 32.1. The summed E-state index contributed by atoms with van der Waals surface area (Å²) in [7, 11) is 0. The van der Waals surface area contributed by atoms with Crippen molar-refractivity contribution in [3.8, 4) is 11.1 Å². The Morgan fingerprint density at radius 1 is 1.24 bits per heavy atom. The van der Waals surface area contributed by atoms with Gasteiger partial charge in [0.1, 0.15) is 6.04 Å². The van der Waals surface area contributed by atoms with Gasteiger partial charge in [-0.2, -0.15) is 11.3 Å². The first-order chi connectivity index (χ1) is 13.9. The van der Waals surface area contributed by atoms with Crippen LogP contribution in [0.15, 0.2) is 35.0 Å². The number of nitrogens with one attached hydrogen (secondary N) is 3. The van der Waals surface area contributed by atoms with Gasteiger partial charge in [-0.3, -0.25) is 9.59 Å². The highest BCUT2D eigenvalue weighted by molar-refractivity contribution is 7.08. The van der Waals surface area contributed by atoms with Crippen LogP contribution in [0, 0.1) is 0 Å². The van der Waals surface area contributed by atoms with Crippen LogP contribution >= 0.6 is 11.3 Å². The van der Waals surface area contributed by atoms with Crippen LogP contribution in [0.2, 0.25) is 0 Å². The van der Waals surface area contributed by atoms with Gasteiger partial charge in [-0.25, -0.2) is 4.79 Å². The maximum Gasteiger partial charge on any atom is 0.315 e. The molecule has 4 amide bonds. The van der Waals surface area contributed by atoms with E-state index in [0.29, 0.717) is 30.6 Å². The lowest BCUT2D eigenvalue weighted by atomic mass is 9.96. The van der Waals surface area contributed by atoms with Gasteiger partial charge in [0.15, 0.2) is 0 Å². The molecule has 4 rings (SSSR count). The van der Waals surface area contributed by atoms with Crippen LogP contribution < -0.4 is 16.0 Å². The molecule has 8 heteroatoms. The molecule has 1 aromatic heterocycles. The third kappa shape index (κ3) is 3.98. The molecule has 1 saturated heterocycles. The molecule has 3 heterocycles. The van der Waals surface area contributed by atoms with E-state index < -0.39 is 6.04 Å². The second-order valence-electron chi connectivity index (χ2n) is 7.77. The van der Waals surface area contributed by atoms with Crippen molar-refractivity contribution in [2.45, 2.75) is 44.8 Å². The first-order valence-corrected chi connectivity index (χ1v) is 10.7. The summed E-state index contributed by atoms with van der Waals surface area (Å²) in [4.78, 5) is 39.8. The lowest BCUT2D eigenvalue weighted by Gasteiger charge is -2.37. The zero-order valence-electron chi connectivity index (χ0n) is 16.4. The van der Waals surface area contributed by atoms with Gasteiger partial charge in [-0.05, 0) is 66.8 Å². The number of carbonyl (C=O) groups is 3. The third-order valence-electron chi connectivity index (χ3n) is 5.28. The highest BCUT2D eigenvalue weighted by Crippen LogP contribution is 2.32. The minimum absolute atomic E-state index is 0.0322. The molecule has 29 heavy (non-hydrogen) atoms. The molecule has 1 fully saturated rings. The van der Waals surface area contributed by atoms with E-state index in [4.69, 9.17) is 0 Å². The number of anilines is 1. The lowest BCUT2D eigenvalue weighted by molar-refractivity contribution is -0.121. The molecular weight excluding hydrogens is 388 g/mol. The first kappa shape index (κ1) is 19.4. The summed E-state index contributed by atoms with van der Waals surface area (Å²) in [6.45, 7) is 4.20. The Hall–Kier alpha value is -2.87. The predicted octanol–water partition coefficient (Wildman–Crippen LogP) is 3.05. The van der Waals surface area contributed by atoms with E-state index in [2.05, 4.69) is 16.0 Å². The van der Waals surface area contributed by atoms with Crippen LogP contribution in [-0.4, -0.2) is 47.4 Å². The summed E-state index contributed by atoms with van der Waals surface area (Å²) >= 11 is 1.60. The Morgan fingerprint density at radius 3 is 2.79 bits per heavy atom. The largest absolute Gasteiger partial charge is 0.336 e. The zero-order valence-corrected chi connectivity index (χ0v) is 17.2. The number of fused-ring (bicyclic) bond motifs is 2. The monoisotopic (exact) mass is 412 g/mol. The fourth-order valence-corrected chi connectivity index (χ4v) is 4.55. The number of benzene rings is 1. The van der Waals surface area contributed by atoms with Gasteiger partial charge in [0, 0.05) is 18.6 Å². The van der Waals surface area contributed by atoms with Crippen molar-refractivity contribution in [1.82, 2.24) is 15.5 Å². The second kappa shape index (κ2) is 7.87. The Labute approximate surface area is 173 Å². The van der Waals surface area contributed by atoms with Crippen LogP contribution in [0.4, 0.5) is 10.5 Å². The number of urea groups is 1. The van der Waals surface area contributed by atoms with Gasteiger partial charge < -0.3 is 20.9 Å². The zero-order chi connectivity index (χ0) is 20.5. The minimum Gasteiger partial charge on any atom is -0.336 e. The van der Waals surface area contributed by atoms with E-state index >= 15 is 0 Å². The van der Waals surface area contributed by atoms with E-state index in [1.165, 1.54) is 0 Å². The van der Waals surface area contributed by atoms with Gasteiger partial charge >= 0.3 is 6.03 Å². The second-order valence-corrected chi connectivity index (χ2v) is 8.55. The van der Waals surface area contributed by atoms with Crippen molar-refractivity contribution < 1.29 is 14.4 Å². The number of hydrogen-bond donors (Lipinski definition) is 3. The van der Waals surface area contributed by atoms with Crippen LogP contribution in [0.3, 0.4) is 0 Å². The molecule has 0 bridgehead atoms. The van der Waals surface area contributed by atoms with Crippen molar-refractivity contribution >= 4 is 34.9 Å². The number of nitrogens with zero attached hydrogens (tertiary/aromatic N) is 1. The standard InChI is InChI=1S/C21H24N4O3S/c1-12(2)22-21(28)23-15-5-7-25-18(10-15)19(26)24-17-4-3-13(9-16(17)20(25)27)14-6-8-29-11-14/h3-4,6,8-9,11-12,15,18H,5,7,10H2,1-2H3,(H,24,26)(H2,22,23,28). The van der Waals surface area contributed by atoms with Gasteiger partial charge in [0.2, 0.25) is 5.91 Å². The number of rotatable bonds is 3. The topological polar surface area (TPSA) is 90.5 Å². The van der Waals surface area contributed by atoms with Crippen molar-refractivity contribution in [2.75, 3.05) is 11.9 Å². The number of piperidine rings is 1. The summed E-state index contributed by atoms with van der Waals surface area (Å²) < 4.78 is 0. The highest BCUT2D eigenvalue weighted by Gasteiger charge is 2.40. The van der Waals surface area contributed by atoms with Crippen LogP contribution in [0.5, 0.6) is 0 Å². The molecule has 2 aliphatic rings. The summed E-state index contributed by atoms with van der Waals surface area (Å²) in [5, 5.41) is 12.6. The van der Waals surface area contributed by atoms with Crippen LogP contribution in [0.25, 0.3) is 11.1 Å². The Kier molecular flexibility index (Phi) is 5.27. The molecule has 0 spiro atoms. The Bertz CT molecular complexity index is 941. The molecule has 7 nitrogen and oxygen atoms in total. The Balaban J connectivity index is 1.55. The fraction of sp³-hybridized carbons (Fsp3) is 0.381. The van der Waals surface area contributed by atoms with E-state index in [9.17, 15) is 14.4 Å². The summed E-state index contributed by atoms with van der Waals surface area (Å²) in [5.74, 6) is -0.360. The minimum atomic E-state index is -0.599. The normalized spacial score (nSPS) is 21.1. The van der Waals surface area contributed by atoms with Crippen molar-refractivity contribution in [3.63, 3.8) is 0 Å². The third-order valence-corrected chi connectivity index (χ3v) is 5.97. The van der Waals surface area contributed by atoms with Crippen LogP contribution in [0.1, 0.15) is 37.0 Å². The van der Waals surface area contributed by atoms with E-state index in [0.717, 1.165) is 11.1 Å². The van der Waals surface area contributed by atoms with Crippen molar-refractivity contribution in [2.24, 2.45) is 0 Å². The maximum atomic E-state index is 13.2. The van der Waals surface area contributed by atoms with Gasteiger partial charge in [0.05, 0.1) is 11.3 Å². The van der Waals surface area contributed by atoms with E-state index in [-0.39, 0.29) is 29.9 Å². The first-order valence-electron chi connectivity index (χ1n) is 9.78. The quantitative estimate of drug-likeness (QED) is 0.724. The molecule has 2 aromatic rings. The molecule has 0 radical (unpaired) electrons. The summed E-state index contributed by atoms with van der Waals surface area (Å²) in [6, 6.07) is 6.60. The molecule has 1 aromatic carbocycles. The van der Waals surface area contributed by atoms with Gasteiger partial charge in [-0.15, -0.1) is 0 Å². The maximum absolute atomic E-state index is 13.2. The summed E-state index contributed by atoms with van der Waals surface area (Å²) in [5.41, 5.74) is 3.05. The van der Waals surface area contributed by atoms with Gasteiger partial charge in [0.25, 0.3) is 5.91 Å². The molecule has 152 valence electrons. The smallest absolute Gasteiger partial charge is 0.315 e. The average Bonchev–Trinajstić information content (AvgIpc) is 3.18. The average molecular weight is 413 g/mol. The fourth-order valence-electron chi connectivity index (χ4n) is 3.89.